The average molecular weight is 498 g/mol. The number of hydrogen-bond acceptors (Lipinski definition) is 6. The van der Waals surface area contributed by atoms with Gasteiger partial charge in [-0.3, -0.25) is 29.4 Å². The molecule has 192 valence electrons. The number of hydrogen-bond donors (Lipinski definition) is 2. The summed E-state index contributed by atoms with van der Waals surface area (Å²) in [5, 5.41) is 4.92. The Hall–Kier alpha value is -3.43. The number of halogens is 1. The summed E-state index contributed by atoms with van der Waals surface area (Å²) in [5.74, 6) is -2.18. The second kappa shape index (κ2) is 11.5. The van der Waals surface area contributed by atoms with Crippen molar-refractivity contribution in [3.63, 3.8) is 0 Å². The molecular formula is C27H32FN3O5. The zero-order chi connectivity index (χ0) is 26.5. The first-order chi connectivity index (χ1) is 17.0. The molecule has 0 aromatic heterocycles. The van der Waals surface area contributed by atoms with E-state index in [1.807, 2.05) is 20.8 Å². The highest BCUT2D eigenvalue weighted by Gasteiger charge is 2.28. The van der Waals surface area contributed by atoms with Crippen molar-refractivity contribution in [3.05, 3.63) is 70.5 Å². The number of nitrogens with zero attached hydrogens (tertiary/aromatic N) is 1. The van der Waals surface area contributed by atoms with E-state index in [9.17, 15) is 23.6 Å². The number of carbonyl (C=O) groups excluding carboxylic acids is 4. The zero-order valence-corrected chi connectivity index (χ0v) is 21.0. The monoisotopic (exact) mass is 497 g/mol. The van der Waals surface area contributed by atoms with Gasteiger partial charge < -0.3 is 10.1 Å². The van der Waals surface area contributed by atoms with E-state index in [1.165, 1.54) is 11.0 Å². The quantitative estimate of drug-likeness (QED) is 0.515. The second-order valence-electron chi connectivity index (χ2n) is 10.00. The van der Waals surface area contributed by atoms with Gasteiger partial charge in [0.05, 0.1) is 26.2 Å². The molecule has 2 aromatic carbocycles. The Morgan fingerprint density at radius 3 is 2.22 bits per heavy atom. The summed E-state index contributed by atoms with van der Waals surface area (Å²) in [6.45, 7) is 5.72. The molecule has 1 aliphatic rings. The fraction of sp³-hybridized carbons (Fsp3) is 0.407. The Bertz CT molecular complexity index is 1130. The molecule has 1 saturated heterocycles. The van der Waals surface area contributed by atoms with Crippen LogP contribution in [0.1, 0.15) is 49.1 Å². The third-order valence-electron chi connectivity index (χ3n) is 5.85. The maximum Gasteiger partial charge on any atom is 0.240 e. The van der Waals surface area contributed by atoms with E-state index in [0.29, 0.717) is 23.3 Å². The smallest absolute Gasteiger partial charge is 0.240 e. The topological polar surface area (TPSA) is 105 Å². The van der Waals surface area contributed by atoms with Crippen LogP contribution < -0.4 is 10.6 Å². The van der Waals surface area contributed by atoms with Crippen LogP contribution in [-0.4, -0.2) is 55.1 Å². The average Bonchev–Trinajstić information content (AvgIpc) is 2.77. The number of rotatable bonds is 9. The van der Waals surface area contributed by atoms with Crippen molar-refractivity contribution >= 4 is 23.5 Å². The van der Waals surface area contributed by atoms with Gasteiger partial charge >= 0.3 is 0 Å². The molecule has 0 saturated carbocycles. The van der Waals surface area contributed by atoms with Crippen molar-refractivity contribution in [1.29, 1.82) is 0 Å². The fourth-order valence-electron chi connectivity index (χ4n) is 4.12. The van der Waals surface area contributed by atoms with Crippen molar-refractivity contribution in [2.24, 2.45) is 0 Å². The van der Waals surface area contributed by atoms with E-state index in [0.717, 1.165) is 5.56 Å². The zero-order valence-electron chi connectivity index (χ0n) is 21.0. The summed E-state index contributed by atoms with van der Waals surface area (Å²) in [6, 6.07) is 10.8. The van der Waals surface area contributed by atoms with Crippen LogP contribution >= 0.6 is 0 Å². The van der Waals surface area contributed by atoms with E-state index in [4.69, 9.17) is 4.74 Å². The van der Waals surface area contributed by atoms with E-state index < -0.39 is 23.8 Å². The Balaban J connectivity index is 1.79. The van der Waals surface area contributed by atoms with Crippen LogP contribution in [-0.2, 0) is 42.4 Å². The van der Waals surface area contributed by atoms with Gasteiger partial charge in [0, 0.05) is 13.5 Å². The minimum Gasteiger partial charge on any atom is -0.380 e. The summed E-state index contributed by atoms with van der Waals surface area (Å²) < 4.78 is 19.8. The summed E-state index contributed by atoms with van der Waals surface area (Å²) in [7, 11) is 1.58. The molecule has 2 aromatic rings. The SMILES string of the molecule is COCc1ccc([C@@H](NC(=O)CN2CC(=O)NC(=O)C2)C(=O)Cc2ccc(C(C)(C)C)c(F)c2)cc1. The molecule has 1 aliphatic heterocycles. The molecule has 8 nitrogen and oxygen atoms in total. The van der Waals surface area contributed by atoms with E-state index >= 15 is 0 Å². The van der Waals surface area contributed by atoms with Crippen LogP contribution in [0.5, 0.6) is 0 Å². The van der Waals surface area contributed by atoms with Gasteiger partial charge in [0.2, 0.25) is 17.7 Å². The normalized spacial score (nSPS) is 15.4. The van der Waals surface area contributed by atoms with Gasteiger partial charge in [-0.25, -0.2) is 4.39 Å². The van der Waals surface area contributed by atoms with Crippen molar-refractivity contribution in [1.82, 2.24) is 15.5 Å². The Morgan fingerprint density at radius 1 is 1.06 bits per heavy atom. The molecule has 0 bridgehead atoms. The minimum absolute atomic E-state index is 0.0866. The molecule has 1 heterocycles. The molecule has 9 heteroatoms. The van der Waals surface area contributed by atoms with Crippen molar-refractivity contribution in [2.45, 2.75) is 45.3 Å². The van der Waals surface area contributed by atoms with E-state index in [1.54, 1.807) is 43.5 Å². The lowest BCUT2D eigenvalue weighted by atomic mass is 9.85. The number of piperazine rings is 1. The summed E-state index contributed by atoms with van der Waals surface area (Å²) in [4.78, 5) is 50.8. The van der Waals surface area contributed by atoms with Gasteiger partial charge in [-0.05, 0) is 33.7 Å². The molecule has 3 rings (SSSR count). The lowest BCUT2D eigenvalue weighted by molar-refractivity contribution is -0.137. The largest absolute Gasteiger partial charge is 0.380 e. The van der Waals surface area contributed by atoms with Crippen molar-refractivity contribution < 1.29 is 28.3 Å². The maximum atomic E-state index is 14.7. The molecule has 0 aliphatic carbocycles. The van der Waals surface area contributed by atoms with Crippen molar-refractivity contribution in [2.75, 3.05) is 26.7 Å². The second-order valence-corrected chi connectivity index (χ2v) is 10.00. The predicted molar refractivity (Wildman–Crippen MR) is 131 cm³/mol. The first-order valence-corrected chi connectivity index (χ1v) is 11.7. The van der Waals surface area contributed by atoms with Crippen LogP contribution in [0.15, 0.2) is 42.5 Å². The fourth-order valence-corrected chi connectivity index (χ4v) is 4.12. The third kappa shape index (κ3) is 7.29. The van der Waals surface area contributed by atoms with E-state index in [-0.39, 0.29) is 43.1 Å². The van der Waals surface area contributed by atoms with Gasteiger partial charge in [-0.15, -0.1) is 0 Å². The Kier molecular flexibility index (Phi) is 8.70. The van der Waals surface area contributed by atoms with Gasteiger partial charge in [-0.1, -0.05) is 57.2 Å². The number of carbonyl (C=O) groups is 4. The van der Waals surface area contributed by atoms with Crippen LogP contribution in [0.3, 0.4) is 0 Å². The molecule has 0 radical (unpaired) electrons. The van der Waals surface area contributed by atoms with Crippen LogP contribution in [0.25, 0.3) is 0 Å². The number of nitrogens with one attached hydrogen (secondary N) is 2. The summed E-state index contributed by atoms with van der Waals surface area (Å²) >= 11 is 0. The van der Waals surface area contributed by atoms with Gasteiger partial charge in [-0.2, -0.15) is 0 Å². The third-order valence-corrected chi connectivity index (χ3v) is 5.85. The number of imide groups is 1. The Morgan fingerprint density at radius 2 is 1.67 bits per heavy atom. The summed E-state index contributed by atoms with van der Waals surface area (Å²) in [5.41, 5.74) is 2.14. The lowest BCUT2D eigenvalue weighted by Gasteiger charge is -2.26. The predicted octanol–water partition coefficient (Wildman–Crippen LogP) is 2.20. The first-order valence-electron chi connectivity index (χ1n) is 11.7. The Labute approximate surface area is 210 Å². The minimum atomic E-state index is -0.992. The molecule has 1 atom stereocenters. The summed E-state index contributed by atoms with van der Waals surface area (Å²) in [6.07, 6.45) is -0.0866. The maximum absolute atomic E-state index is 14.7. The molecular weight excluding hydrogens is 465 g/mol. The highest BCUT2D eigenvalue weighted by molar-refractivity contribution is 6.00. The molecule has 0 spiro atoms. The lowest BCUT2D eigenvalue weighted by Crippen LogP contribution is -2.54. The van der Waals surface area contributed by atoms with Gasteiger partial charge in [0.15, 0.2) is 5.78 Å². The number of amides is 3. The van der Waals surface area contributed by atoms with Crippen molar-refractivity contribution in [3.8, 4) is 0 Å². The number of methoxy groups -OCH3 is 1. The molecule has 3 amide bonds. The highest BCUT2D eigenvalue weighted by atomic mass is 19.1. The number of ether oxygens (including phenoxy) is 1. The first kappa shape index (κ1) is 27.2. The molecule has 1 fully saturated rings. The molecule has 2 N–H and O–H groups in total. The van der Waals surface area contributed by atoms with Crippen LogP contribution in [0, 0.1) is 5.82 Å². The molecule has 0 unspecified atom stereocenters. The van der Waals surface area contributed by atoms with Gasteiger partial charge in [0.25, 0.3) is 0 Å². The number of ketones is 1. The number of Topliss-reactive ketones (excluding diaryl/α,β-unsaturated/α-hetero) is 1. The van der Waals surface area contributed by atoms with E-state index in [2.05, 4.69) is 10.6 Å². The highest BCUT2D eigenvalue weighted by Crippen LogP contribution is 2.26. The standard InChI is InChI=1S/C27H32FN3O5/c1-27(2,3)20-10-7-18(11-21(20)28)12-22(32)26(19-8-5-17(6-9-19)16-36-4)30-25(35)15-31-13-23(33)29-24(34)14-31/h5-11,26H,12-16H2,1-4H3,(H,30,35)(H,29,33,34)/t26-/m1/s1. The molecule has 36 heavy (non-hydrogen) atoms. The van der Waals surface area contributed by atoms with Gasteiger partial charge in [0.1, 0.15) is 11.9 Å². The van der Waals surface area contributed by atoms with Crippen LogP contribution in [0.4, 0.5) is 4.39 Å². The number of benzene rings is 2. The van der Waals surface area contributed by atoms with Crippen LogP contribution in [0.2, 0.25) is 0 Å².